The third-order valence-corrected chi connectivity index (χ3v) is 5.86. The summed E-state index contributed by atoms with van der Waals surface area (Å²) in [4.78, 5) is 25.2. The highest BCUT2D eigenvalue weighted by molar-refractivity contribution is 8.14. The molecule has 27 heavy (non-hydrogen) atoms. The van der Waals surface area contributed by atoms with E-state index in [4.69, 9.17) is 0 Å². The highest BCUT2D eigenvalue weighted by atomic mass is 32.2. The molecule has 0 bridgehead atoms. The summed E-state index contributed by atoms with van der Waals surface area (Å²) < 4.78 is 0. The molecule has 0 heterocycles. The lowest BCUT2D eigenvalue weighted by Crippen LogP contribution is -2.43. The average Bonchev–Trinajstić information content (AvgIpc) is 2.71. The quantitative estimate of drug-likeness (QED) is 0.637. The minimum Gasteiger partial charge on any atom is -0.394 e. The molecule has 0 aliphatic carbocycles. The summed E-state index contributed by atoms with van der Waals surface area (Å²) in [5, 5.41) is 12.3. The van der Waals surface area contributed by atoms with E-state index in [0.29, 0.717) is 23.5 Å². The van der Waals surface area contributed by atoms with Crippen LogP contribution in [0.4, 0.5) is 0 Å². The summed E-state index contributed by atoms with van der Waals surface area (Å²) in [6.45, 7) is -0.0965. The van der Waals surface area contributed by atoms with Crippen LogP contribution in [-0.2, 0) is 11.2 Å². The van der Waals surface area contributed by atoms with Crippen LogP contribution >= 0.6 is 23.5 Å². The van der Waals surface area contributed by atoms with E-state index >= 15 is 0 Å². The molecule has 0 fully saturated rings. The van der Waals surface area contributed by atoms with Gasteiger partial charge >= 0.3 is 0 Å². The molecule has 2 N–H and O–H groups in total. The first kappa shape index (κ1) is 21.5. The van der Waals surface area contributed by atoms with Gasteiger partial charge in [-0.25, -0.2) is 0 Å². The van der Waals surface area contributed by atoms with Crippen LogP contribution in [0, 0.1) is 5.92 Å². The van der Waals surface area contributed by atoms with Crippen LogP contribution in [0.2, 0.25) is 0 Å². The highest BCUT2D eigenvalue weighted by Crippen LogP contribution is 2.19. The van der Waals surface area contributed by atoms with Gasteiger partial charge in [0.2, 0.25) is 11.0 Å². The number of aliphatic hydroxyl groups excluding tert-OH is 1. The molecular weight excluding hydrogens is 378 g/mol. The molecule has 0 aromatic heterocycles. The van der Waals surface area contributed by atoms with Crippen LogP contribution in [0.15, 0.2) is 60.7 Å². The first-order valence-corrected chi connectivity index (χ1v) is 11.2. The lowest BCUT2D eigenvalue weighted by atomic mass is 10.00. The highest BCUT2D eigenvalue weighted by Gasteiger charge is 2.23. The van der Waals surface area contributed by atoms with E-state index in [1.807, 2.05) is 54.8 Å². The number of aliphatic hydroxyl groups is 1. The van der Waals surface area contributed by atoms with Gasteiger partial charge in [0.15, 0.2) is 0 Å². The smallest absolute Gasteiger partial charge is 0.224 e. The number of rotatable bonds is 10. The molecule has 144 valence electrons. The minimum atomic E-state index is -0.346. The van der Waals surface area contributed by atoms with Gasteiger partial charge in [0.1, 0.15) is 0 Å². The molecular formula is C21H25NO3S2. The maximum atomic E-state index is 12.8. The molecule has 2 aromatic rings. The molecule has 2 aromatic carbocycles. The zero-order valence-corrected chi connectivity index (χ0v) is 17.0. The maximum Gasteiger partial charge on any atom is 0.224 e. The SMILES string of the molecule is CSCC(CO)NC(=O)C(CSC(=O)c1ccccc1)Cc1ccccc1. The number of benzene rings is 2. The molecule has 1 amide bonds. The van der Waals surface area contributed by atoms with Gasteiger partial charge in [0, 0.05) is 17.1 Å². The topological polar surface area (TPSA) is 66.4 Å². The van der Waals surface area contributed by atoms with Crippen LogP contribution < -0.4 is 5.32 Å². The summed E-state index contributed by atoms with van der Waals surface area (Å²) >= 11 is 2.74. The van der Waals surface area contributed by atoms with Crippen molar-refractivity contribution in [3.8, 4) is 0 Å². The Hall–Kier alpha value is -1.76. The van der Waals surface area contributed by atoms with Crippen molar-refractivity contribution in [1.82, 2.24) is 5.32 Å². The van der Waals surface area contributed by atoms with Crippen molar-refractivity contribution < 1.29 is 14.7 Å². The van der Waals surface area contributed by atoms with Crippen molar-refractivity contribution in [2.24, 2.45) is 5.92 Å². The second-order valence-electron chi connectivity index (χ2n) is 6.19. The van der Waals surface area contributed by atoms with Crippen molar-refractivity contribution in [3.63, 3.8) is 0 Å². The van der Waals surface area contributed by atoms with Crippen molar-refractivity contribution in [1.29, 1.82) is 0 Å². The lowest BCUT2D eigenvalue weighted by Gasteiger charge is -2.21. The molecule has 2 unspecified atom stereocenters. The molecule has 0 aliphatic heterocycles. The third-order valence-electron chi connectivity index (χ3n) is 4.06. The first-order chi connectivity index (χ1) is 13.1. The van der Waals surface area contributed by atoms with Crippen LogP contribution in [0.1, 0.15) is 15.9 Å². The molecule has 4 nitrogen and oxygen atoms in total. The molecule has 0 spiro atoms. The number of amides is 1. The Bertz CT molecular complexity index is 710. The van der Waals surface area contributed by atoms with E-state index in [-0.39, 0.29) is 29.6 Å². The van der Waals surface area contributed by atoms with Gasteiger partial charge in [-0.1, -0.05) is 72.4 Å². The summed E-state index contributed by atoms with van der Waals surface area (Å²) in [5.74, 6) is 0.573. The van der Waals surface area contributed by atoms with E-state index < -0.39 is 0 Å². The van der Waals surface area contributed by atoms with Crippen molar-refractivity contribution in [2.75, 3.05) is 24.4 Å². The third kappa shape index (κ3) is 7.40. The van der Waals surface area contributed by atoms with E-state index in [9.17, 15) is 14.7 Å². The molecule has 6 heteroatoms. The molecule has 0 aliphatic rings. The maximum absolute atomic E-state index is 12.8. The van der Waals surface area contributed by atoms with Gasteiger partial charge in [-0.05, 0) is 18.2 Å². The average molecular weight is 404 g/mol. The fourth-order valence-corrected chi connectivity index (χ4v) is 4.14. The van der Waals surface area contributed by atoms with Crippen molar-refractivity contribution in [3.05, 3.63) is 71.8 Å². The van der Waals surface area contributed by atoms with E-state index in [1.165, 1.54) is 11.8 Å². The van der Waals surface area contributed by atoms with Crippen LogP contribution in [0.25, 0.3) is 0 Å². The van der Waals surface area contributed by atoms with Gasteiger partial charge in [-0.3, -0.25) is 9.59 Å². The van der Waals surface area contributed by atoms with Crippen LogP contribution in [0.3, 0.4) is 0 Å². The van der Waals surface area contributed by atoms with E-state index in [2.05, 4.69) is 5.32 Å². The van der Waals surface area contributed by atoms with Gasteiger partial charge in [-0.2, -0.15) is 11.8 Å². The first-order valence-electron chi connectivity index (χ1n) is 8.80. The Balaban J connectivity index is 2.04. The molecule has 2 rings (SSSR count). The van der Waals surface area contributed by atoms with Crippen molar-refractivity contribution >= 4 is 34.5 Å². The summed E-state index contributed by atoms with van der Waals surface area (Å²) in [5.41, 5.74) is 1.69. The Morgan fingerprint density at radius 2 is 1.63 bits per heavy atom. The number of hydrogen-bond acceptors (Lipinski definition) is 5. The Morgan fingerprint density at radius 3 is 2.22 bits per heavy atom. The van der Waals surface area contributed by atoms with E-state index in [1.54, 1.807) is 23.9 Å². The largest absolute Gasteiger partial charge is 0.394 e. The van der Waals surface area contributed by atoms with Crippen LogP contribution in [0.5, 0.6) is 0 Å². The molecule has 0 saturated heterocycles. The van der Waals surface area contributed by atoms with Crippen LogP contribution in [-0.4, -0.2) is 46.5 Å². The van der Waals surface area contributed by atoms with Gasteiger partial charge < -0.3 is 10.4 Å². The number of carbonyl (C=O) groups excluding carboxylic acids is 2. The zero-order valence-electron chi connectivity index (χ0n) is 15.3. The predicted octanol–water partition coefficient (Wildman–Crippen LogP) is 3.26. The fraction of sp³-hybridized carbons (Fsp3) is 0.333. The Morgan fingerprint density at radius 1 is 1.00 bits per heavy atom. The normalized spacial score (nSPS) is 13.0. The number of hydrogen-bond donors (Lipinski definition) is 2. The second-order valence-corrected chi connectivity index (χ2v) is 8.10. The van der Waals surface area contributed by atoms with Gasteiger partial charge in [0.25, 0.3) is 0 Å². The summed E-state index contributed by atoms with van der Waals surface area (Å²) in [6, 6.07) is 18.6. The lowest BCUT2D eigenvalue weighted by molar-refractivity contribution is -0.125. The number of thioether (sulfide) groups is 2. The van der Waals surface area contributed by atoms with Gasteiger partial charge in [0.05, 0.1) is 18.6 Å². The van der Waals surface area contributed by atoms with Gasteiger partial charge in [-0.15, -0.1) is 0 Å². The summed E-state index contributed by atoms with van der Waals surface area (Å²) in [7, 11) is 0. The summed E-state index contributed by atoms with van der Waals surface area (Å²) in [6.07, 6.45) is 2.49. The monoisotopic (exact) mass is 403 g/mol. The van der Waals surface area contributed by atoms with Crippen molar-refractivity contribution in [2.45, 2.75) is 12.5 Å². The Labute approximate surface area is 169 Å². The molecule has 0 saturated carbocycles. The van der Waals surface area contributed by atoms with E-state index in [0.717, 1.165) is 5.56 Å². The standard InChI is InChI=1S/C21H25NO3S2/c1-26-15-19(13-23)22-20(24)18(12-16-8-4-2-5-9-16)14-27-21(25)17-10-6-3-7-11-17/h2-11,18-19,23H,12-15H2,1H3,(H,22,24). The zero-order chi connectivity index (χ0) is 19.5. The fourth-order valence-electron chi connectivity index (χ4n) is 2.62. The molecule has 2 atom stereocenters. The predicted molar refractivity (Wildman–Crippen MR) is 114 cm³/mol. The number of carbonyl (C=O) groups is 2. The number of nitrogens with one attached hydrogen (secondary N) is 1. The second kappa shape index (κ2) is 11.8. The molecule has 0 radical (unpaired) electrons. The Kier molecular flexibility index (Phi) is 9.45. The minimum absolute atomic E-state index is 0.0377.